The minimum atomic E-state index is -0.648. The van der Waals surface area contributed by atoms with Crippen LogP contribution in [0.15, 0.2) is 59.7 Å². The number of hydrogen-bond donors (Lipinski definition) is 1. The number of hydrazone groups is 1. The van der Waals surface area contributed by atoms with E-state index >= 15 is 0 Å². The molecule has 0 radical (unpaired) electrons. The first-order valence-corrected chi connectivity index (χ1v) is 11.2. The number of hydrogen-bond acceptors (Lipinski definition) is 8. The van der Waals surface area contributed by atoms with E-state index in [1.54, 1.807) is 43.3 Å². The van der Waals surface area contributed by atoms with E-state index < -0.39 is 11.9 Å². The highest BCUT2D eigenvalue weighted by Gasteiger charge is 2.20. The van der Waals surface area contributed by atoms with Crippen LogP contribution >= 0.6 is 11.6 Å². The molecule has 0 saturated heterocycles. The summed E-state index contributed by atoms with van der Waals surface area (Å²) in [5, 5.41) is 4.42. The van der Waals surface area contributed by atoms with Crippen molar-refractivity contribution in [2.75, 3.05) is 27.9 Å². The lowest BCUT2D eigenvalue weighted by atomic mass is 10.1. The average molecular weight is 513 g/mol. The van der Waals surface area contributed by atoms with Gasteiger partial charge < -0.3 is 23.7 Å². The lowest BCUT2D eigenvalue weighted by molar-refractivity contribution is 0.0727. The van der Waals surface area contributed by atoms with Gasteiger partial charge in [-0.1, -0.05) is 17.7 Å². The van der Waals surface area contributed by atoms with Crippen LogP contribution in [-0.4, -0.2) is 46.0 Å². The topological polar surface area (TPSA) is 105 Å². The maximum Gasteiger partial charge on any atom is 0.343 e. The minimum Gasteiger partial charge on any atom is -0.493 e. The van der Waals surface area contributed by atoms with Gasteiger partial charge in [0.15, 0.2) is 23.0 Å². The first-order valence-electron chi connectivity index (χ1n) is 10.8. The highest BCUT2D eigenvalue weighted by Crippen LogP contribution is 2.38. The predicted molar refractivity (Wildman–Crippen MR) is 135 cm³/mol. The smallest absolute Gasteiger partial charge is 0.343 e. The predicted octanol–water partition coefficient (Wildman–Crippen LogP) is 4.75. The molecule has 0 aromatic heterocycles. The van der Waals surface area contributed by atoms with Crippen LogP contribution in [0.2, 0.25) is 5.02 Å². The molecule has 188 valence electrons. The van der Waals surface area contributed by atoms with Gasteiger partial charge in [0.2, 0.25) is 5.75 Å². The summed E-state index contributed by atoms with van der Waals surface area (Å²) in [6, 6.07) is 14.4. The van der Waals surface area contributed by atoms with Crippen LogP contribution in [0.4, 0.5) is 0 Å². The van der Waals surface area contributed by atoms with Crippen molar-refractivity contribution in [3.63, 3.8) is 0 Å². The molecule has 0 aliphatic carbocycles. The fourth-order valence-corrected chi connectivity index (χ4v) is 3.37. The minimum absolute atomic E-state index is 0.196. The van der Waals surface area contributed by atoms with Gasteiger partial charge in [-0.3, -0.25) is 4.79 Å². The molecule has 0 aliphatic rings. The van der Waals surface area contributed by atoms with E-state index in [1.165, 1.54) is 45.7 Å². The molecule has 0 saturated carbocycles. The Kier molecular flexibility index (Phi) is 9.13. The lowest BCUT2D eigenvalue weighted by Gasteiger charge is -2.15. The number of carbonyl (C=O) groups is 2. The molecule has 0 unspecified atom stereocenters. The summed E-state index contributed by atoms with van der Waals surface area (Å²) >= 11 is 5.91. The summed E-state index contributed by atoms with van der Waals surface area (Å²) in [4.78, 5) is 25.1. The van der Waals surface area contributed by atoms with Crippen LogP contribution in [0.25, 0.3) is 0 Å². The summed E-state index contributed by atoms with van der Waals surface area (Å²) in [6.07, 6.45) is 1.44. The molecule has 0 aliphatic heterocycles. The largest absolute Gasteiger partial charge is 0.493 e. The Morgan fingerprint density at radius 2 is 1.61 bits per heavy atom. The SMILES string of the molecule is CCOc1cc(/C=N/NC(=O)c2cccc(Cl)c2)ccc1OC(=O)c1cc(OC)c(OC)c(OC)c1. The molecule has 0 heterocycles. The van der Waals surface area contributed by atoms with Crippen molar-refractivity contribution in [1.82, 2.24) is 5.43 Å². The standard InChI is InChI=1S/C26H25ClN2O7/c1-5-35-21-11-16(15-28-29-25(30)17-7-6-8-19(27)12-17)9-10-20(21)36-26(31)18-13-22(32-2)24(34-4)23(14-18)33-3/h6-15H,5H2,1-4H3,(H,29,30)/b28-15+. The van der Waals surface area contributed by atoms with E-state index in [9.17, 15) is 9.59 Å². The van der Waals surface area contributed by atoms with E-state index in [4.69, 9.17) is 35.3 Å². The monoisotopic (exact) mass is 512 g/mol. The quantitative estimate of drug-likeness (QED) is 0.181. The number of benzene rings is 3. The fraction of sp³-hybridized carbons (Fsp3) is 0.192. The molecular formula is C26H25ClN2O7. The van der Waals surface area contributed by atoms with Crippen molar-refractivity contribution < 1.29 is 33.3 Å². The molecular weight excluding hydrogens is 488 g/mol. The number of ether oxygens (including phenoxy) is 5. The molecule has 1 amide bonds. The Hall–Kier alpha value is -4.24. The second kappa shape index (κ2) is 12.5. The van der Waals surface area contributed by atoms with Gasteiger partial charge >= 0.3 is 5.97 Å². The Morgan fingerprint density at radius 1 is 0.889 bits per heavy atom. The number of rotatable bonds is 10. The second-order valence-corrected chi connectivity index (χ2v) is 7.59. The van der Waals surface area contributed by atoms with Gasteiger partial charge in [-0.05, 0) is 61.0 Å². The first-order chi connectivity index (χ1) is 17.4. The number of halogens is 1. The molecule has 36 heavy (non-hydrogen) atoms. The molecule has 3 aromatic carbocycles. The van der Waals surface area contributed by atoms with Gasteiger partial charge in [-0.15, -0.1) is 0 Å². The summed E-state index contributed by atoms with van der Waals surface area (Å²) in [5.74, 6) is 0.470. The second-order valence-electron chi connectivity index (χ2n) is 7.15. The summed E-state index contributed by atoms with van der Waals surface area (Å²) < 4.78 is 27.1. The number of methoxy groups -OCH3 is 3. The van der Waals surface area contributed by atoms with Crippen LogP contribution in [0.3, 0.4) is 0 Å². The van der Waals surface area contributed by atoms with Crippen molar-refractivity contribution in [2.24, 2.45) is 5.10 Å². The molecule has 1 N–H and O–H groups in total. The van der Waals surface area contributed by atoms with Gasteiger partial charge in [0, 0.05) is 10.6 Å². The van der Waals surface area contributed by atoms with Crippen LogP contribution < -0.4 is 29.1 Å². The van der Waals surface area contributed by atoms with Crippen molar-refractivity contribution in [2.45, 2.75) is 6.92 Å². The maximum absolute atomic E-state index is 12.9. The molecule has 0 spiro atoms. The third-order valence-electron chi connectivity index (χ3n) is 4.84. The van der Waals surface area contributed by atoms with Crippen molar-refractivity contribution in [3.8, 4) is 28.7 Å². The zero-order chi connectivity index (χ0) is 26.1. The number of amides is 1. The number of nitrogens with one attached hydrogen (secondary N) is 1. The van der Waals surface area contributed by atoms with Crippen LogP contribution in [0, 0.1) is 0 Å². The van der Waals surface area contributed by atoms with Gasteiger partial charge in [-0.2, -0.15) is 5.10 Å². The van der Waals surface area contributed by atoms with Crippen molar-refractivity contribution in [1.29, 1.82) is 0 Å². The van der Waals surface area contributed by atoms with Gasteiger partial charge in [0.05, 0.1) is 39.7 Å². The van der Waals surface area contributed by atoms with Crippen LogP contribution in [0.1, 0.15) is 33.2 Å². The third kappa shape index (κ3) is 6.45. The highest BCUT2D eigenvalue weighted by molar-refractivity contribution is 6.30. The van der Waals surface area contributed by atoms with E-state index in [-0.39, 0.29) is 11.3 Å². The summed E-state index contributed by atoms with van der Waals surface area (Å²) in [5.41, 5.74) is 3.62. The fourth-order valence-electron chi connectivity index (χ4n) is 3.18. The Morgan fingerprint density at radius 3 is 2.22 bits per heavy atom. The summed E-state index contributed by atoms with van der Waals surface area (Å²) in [6.45, 7) is 2.14. The van der Waals surface area contributed by atoms with E-state index in [0.717, 1.165) is 0 Å². The molecule has 10 heteroatoms. The first kappa shape index (κ1) is 26.4. The zero-order valence-electron chi connectivity index (χ0n) is 20.2. The lowest BCUT2D eigenvalue weighted by Crippen LogP contribution is -2.17. The van der Waals surface area contributed by atoms with Gasteiger partial charge in [-0.25, -0.2) is 10.2 Å². The Bertz CT molecular complexity index is 1250. The average Bonchev–Trinajstić information content (AvgIpc) is 2.89. The Balaban J connectivity index is 1.77. The molecule has 0 fully saturated rings. The molecule has 0 bridgehead atoms. The van der Waals surface area contributed by atoms with Crippen molar-refractivity contribution >= 4 is 29.7 Å². The highest BCUT2D eigenvalue weighted by atomic mass is 35.5. The third-order valence-corrected chi connectivity index (χ3v) is 5.07. The van der Waals surface area contributed by atoms with Crippen LogP contribution in [0.5, 0.6) is 28.7 Å². The van der Waals surface area contributed by atoms with E-state index in [0.29, 0.717) is 45.8 Å². The zero-order valence-corrected chi connectivity index (χ0v) is 20.9. The molecule has 3 rings (SSSR count). The van der Waals surface area contributed by atoms with Gasteiger partial charge in [0.1, 0.15) is 0 Å². The molecule has 3 aromatic rings. The summed E-state index contributed by atoms with van der Waals surface area (Å²) in [7, 11) is 4.38. The van der Waals surface area contributed by atoms with Gasteiger partial charge in [0.25, 0.3) is 5.91 Å². The Labute approximate surface area is 213 Å². The maximum atomic E-state index is 12.9. The number of esters is 1. The molecule has 9 nitrogen and oxygen atoms in total. The van der Waals surface area contributed by atoms with E-state index in [1.807, 2.05) is 0 Å². The number of carbonyl (C=O) groups excluding carboxylic acids is 2. The normalized spacial score (nSPS) is 10.6. The molecule has 0 atom stereocenters. The van der Waals surface area contributed by atoms with Crippen LogP contribution in [-0.2, 0) is 0 Å². The number of nitrogens with zero attached hydrogens (tertiary/aromatic N) is 1. The van der Waals surface area contributed by atoms with E-state index in [2.05, 4.69) is 10.5 Å². The van der Waals surface area contributed by atoms with Crippen molar-refractivity contribution in [3.05, 3.63) is 76.3 Å².